The average molecular weight is 396 g/mol. The van der Waals surface area contributed by atoms with Crippen LogP contribution in [0.5, 0.6) is 0 Å². The van der Waals surface area contributed by atoms with Gasteiger partial charge in [-0.1, -0.05) is 46.3 Å². The lowest BCUT2D eigenvalue weighted by Crippen LogP contribution is -2.46. The van der Waals surface area contributed by atoms with Gasteiger partial charge in [-0.15, -0.1) is 0 Å². The third-order valence-corrected chi connectivity index (χ3v) is 4.81. The van der Waals surface area contributed by atoms with Crippen molar-refractivity contribution >= 4 is 37.5 Å². The monoisotopic (exact) mass is 394 g/mol. The third-order valence-electron chi connectivity index (χ3n) is 3.65. The summed E-state index contributed by atoms with van der Waals surface area (Å²) >= 11 is 7.26. The highest BCUT2D eigenvalue weighted by atomic mass is 79.9. The Kier molecular flexibility index (Phi) is 4.44. The Morgan fingerprint density at radius 1 is 1.05 bits per heavy atom. The van der Waals surface area contributed by atoms with Crippen LogP contribution in [0, 0.1) is 0 Å². The van der Waals surface area contributed by atoms with Gasteiger partial charge in [-0.3, -0.25) is 0 Å². The number of benzene rings is 2. The summed E-state index contributed by atoms with van der Waals surface area (Å²) < 4.78 is 2.25. The molecule has 1 saturated heterocycles. The fourth-order valence-electron chi connectivity index (χ4n) is 2.67. The molecule has 1 aliphatic rings. The van der Waals surface area contributed by atoms with Crippen molar-refractivity contribution in [3.63, 3.8) is 0 Å². The maximum atomic E-state index is 3.68. The maximum absolute atomic E-state index is 3.68. The first-order chi connectivity index (χ1) is 9.75. The van der Waals surface area contributed by atoms with Crippen LogP contribution in [0.4, 0.5) is 5.69 Å². The molecular formula is C16H16Br2N2. The summed E-state index contributed by atoms with van der Waals surface area (Å²) in [6.45, 7) is 3.00. The summed E-state index contributed by atoms with van der Waals surface area (Å²) in [5, 5.41) is 3.50. The minimum absolute atomic E-state index is 0.371. The molecule has 1 fully saturated rings. The Hall–Kier alpha value is -0.840. The van der Waals surface area contributed by atoms with Crippen LogP contribution in [0.1, 0.15) is 11.6 Å². The van der Waals surface area contributed by atoms with Crippen LogP contribution < -0.4 is 10.2 Å². The molecule has 0 bridgehead atoms. The van der Waals surface area contributed by atoms with Gasteiger partial charge in [-0.05, 0) is 39.7 Å². The zero-order chi connectivity index (χ0) is 13.9. The first-order valence-electron chi connectivity index (χ1n) is 6.73. The lowest BCUT2D eigenvalue weighted by atomic mass is 10.0. The van der Waals surface area contributed by atoms with Crippen LogP contribution in [-0.2, 0) is 0 Å². The van der Waals surface area contributed by atoms with Gasteiger partial charge in [0.1, 0.15) is 0 Å². The quantitative estimate of drug-likeness (QED) is 0.812. The van der Waals surface area contributed by atoms with E-state index in [-0.39, 0.29) is 0 Å². The zero-order valence-corrected chi connectivity index (χ0v) is 14.2. The van der Waals surface area contributed by atoms with E-state index in [0.29, 0.717) is 6.04 Å². The van der Waals surface area contributed by atoms with Gasteiger partial charge in [0.15, 0.2) is 0 Å². The number of piperazine rings is 1. The second-order valence-electron chi connectivity index (χ2n) is 4.92. The van der Waals surface area contributed by atoms with Crippen molar-refractivity contribution in [2.45, 2.75) is 6.04 Å². The van der Waals surface area contributed by atoms with Crippen molar-refractivity contribution in [3.8, 4) is 0 Å². The molecule has 1 unspecified atom stereocenters. The van der Waals surface area contributed by atoms with Crippen LogP contribution in [-0.4, -0.2) is 19.6 Å². The summed E-state index contributed by atoms with van der Waals surface area (Å²) in [7, 11) is 0. The van der Waals surface area contributed by atoms with E-state index in [1.807, 2.05) is 0 Å². The van der Waals surface area contributed by atoms with E-state index in [2.05, 4.69) is 90.6 Å². The Morgan fingerprint density at radius 2 is 1.85 bits per heavy atom. The predicted octanol–water partition coefficient (Wildman–Crippen LogP) is 4.36. The highest BCUT2D eigenvalue weighted by Crippen LogP contribution is 2.35. The molecule has 1 N–H and O–H groups in total. The number of nitrogens with one attached hydrogen (secondary N) is 1. The molecule has 2 nitrogen and oxygen atoms in total. The third kappa shape index (κ3) is 2.92. The molecule has 0 saturated carbocycles. The van der Waals surface area contributed by atoms with Crippen LogP contribution in [0.15, 0.2) is 57.5 Å². The van der Waals surface area contributed by atoms with Gasteiger partial charge in [0.2, 0.25) is 0 Å². The van der Waals surface area contributed by atoms with Crippen molar-refractivity contribution in [3.05, 3.63) is 63.0 Å². The molecule has 3 rings (SSSR count). The first kappa shape index (κ1) is 14.1. The molecule has 104 valence electrons. The minimum Gasteiger partial charge on any atom is -0.361 e. The molecular weight excluding hydrogens is 380 g/mol. The van der Waals surface area contributed by atoms with Crippen molar-refractivity contribution < 1.29 is 0 Å². The lowest BCUT2D eigenvalue weighted by Gasteiger charge is -2.39. The molecule has 1 heterocycles. The first-order valence-corrected chi connectivity index (χ1v) is 8.31. The van der Waals surface area contributed by atoms with Crippen LogP contribution in [0.3, 0.4) is 0 Å². The molecule has 0 spiro atoms. The van der Waals surface area contributed by atoms with Crippen LogP contribution in [0.2, 0.25) is 0 Å². The fraction of sp³-hybridized carbons (Fsp3) is 0.250. The smallest absolute Gasteiger partial charge is 0.0667 e. The number of halogens is 2. The Bertz CT molecular complexity index is 586. The lowest BCUT2D eigenvalue weighted by molar-refractivity contribution is 0.489. The van der Waals surface area contributed by atoms with Crippen molar-refractivity contribution in [1.82, 2.24) is 5.32 Å². The second-order valence-corrected chi connectivity index (χ2v) is 6.69. The molecule has 0 amide bonds. The molecule has 20 heavy (non-hydrogen) atoms. The highest BCUT2D eigenvalue weighted by Gasteiger charge is 2.25. The highest BCUT2D eigenvalue weighted by molar-refractivity contribution is 9.11. The van der Waals surface area contributed by atoms with E-state index in [9.17, 15) is 0 Å². The number of rotatable bonds is 2. The van der Waals surface area contributed by atoms with Gasteiger partial charge >= 0.3 is 0 Å². The standard InChI is InChI=1S/C16H16Br2N2/c17-13-6-7-14(18)15(10-13)20-9-8-19-11-16(20)12-4-2-1-3-5-12/h1-7,10,16,19H,8-9,11H2. The molecule has 1 aliphatic heterocycles. The van der Waals surface area contributed by atoms with Crippen LogP contribution in [0.25, 0.3) is 0 Å². The fourth-order valence-corrected chi connectivity index (χ4v) is 3.49. The van der Waals surface area contributed by atoms with Gasteiger partial charge in [-0.2, -0.15) is 0 Å². The largest absolute Gasteiger partial charge is 0.361 e. The van der Waals surface area contributed by atoms with E-state index >= 15 is 0 Å². The van der Waals surface area contributed by atoms with Gasteiger partial charge in [0.25, 0.3) is 0 Å². The van der Waals surface area contributed by atoms with Gasteiger partial charge in [-0.25, -0.2) is 0 Å². The van der Waals surface area contributed by atoms with Gasteiger partial charge < -0.3 is 10.2 Å². The van der Waals surface area contributed by atoms with Crippen molar-refractivity contribution in [2.24, 2.45) is 0 Å². The summed E-state index contributed by atoms with van der Waals surface area (Å²) in [5.74, 6) is 0. The molecule has 0 radical (unpaired) electrons. The normalized spacial score (nSPS) is 19.1. The molecule has 0 aromatic heterocycles. The molecule has 0 aliphatic carbocycles. The summed E-state index contributed by atoms with van der Waals surface area (Å²) in [6.07, 6.45) is 0. The van der Waals surface area contributed by atoms with E-state index in [1.165, 1.54) is 11.3 Å². The van der Waals surface area contributed by atoms with Gasteiger partial charge in [0, 0.05) is 28.6 Å². The maximum Gasteiger partial charge on any atom is 0.0667 e. The second kappa shape index (κ2) is 6.29. The summed E-state index contributed by atoms with van der Waals surface area (Å²) in [6, 6.07) is 17.4. The Balaban J connectivity index is 1.99. The average Bonchev–Trinajstić information content (AvgIpc) is 2.51. The van der Waals surface area contributed by atoms with E-state index < -0.39 is 0 Å². The number of hydrogen-bond acceptors (Lipinski definition) is 2. The van der Waals surface area contributed by atoms with Gasteiger partial charge in [0.05, 0.1) is 11.7 Å². The number of anilines is 1. The van der Waals surface area contributed by atoms with E-state index in [0.717, 1.165) is 28.6 Å². The topological polar surface area (TPSA) is 15.3 Å². The van der Waals surface area contributed by atoms with E-state index in [4.69, 9.17) is 0 Å². The zero-order valence-electron chi connectivity index (χ0n) is 11.0. The minimum atomic E-state index is 0.371. The summed E-state index contributed by atoms with van der Waals surface area (Å²) in [5.41, 5.74) is 2.60. The molecule has 4 heteroatoms. The number of hydrogen-bond donors (Lipinski definition) is 1. The summed E-state index contributed by atoms with van der Waals surface area (Å²) in [4.78, 5) is 2.47. The number of nitrogens with zero attached hydrogens (tertiary/aromatic N) is 1. The van der Waals surface area contributed by atoms with Crippen molar-refractivity contribution in [1.29, 1.82) is 0 Å². The molecule has 2 aromatic carbocycles. The van der Waals surface area contributed by atoms with E-state index in [1.54, 1.807) is 0 Å². The molecule has 2 aromatic rings. The Morgan fingerprint density at radius 3 is 2.65 bits per heavy atom. The Labute approximate surface area is 136 Å². The molecule has 1 atom stereocenters. The van der Waals surface area contributed by atoms with Crippen molar-refractivity contribution in [2.75, 3.05) is 24.5 Å². The predicted molar refractivity (Wildman–Crippen MR) is 91.2 cm³/mol. The van der Waals surface area contributed by atoms with Crippen LogP contribution >= 0.6 is 31.9 Å². The SMILES string of the molecule is Brc1ccc(Br)c(N2CCNCC2c2ccccc2)c1.